The summed E-state index contributed by atoms with van der Waals surface area (Å²) in [6.07, 6.45) is 0.820. The van der Waals surface area contributed by atoms with Crippen LogP contribution in [0.25, 0.3) is 11.1 Å². The first-order valence-corrected chi connectivity index (χ1v) is 9.35. The van der Waals surface area contributed by atoms with Crippen LogP contribution < -0.4 is 5.32 Å². The van der Waals surface area contributed by atoms with E-state index in [9.17, 15) is 15.2 Å². The van der Waals surface area contributed by atoms with Gasteiger partial charge in [0, 0.05) is 12.5 Å². The molecule has 2 amide bonds. The van der Waals surface area contributed by atoms with Crippen molar-refractivity contribution in [3.05, 3.63) is 59.7 Å². The molecule has 2 aromatic rings. The molecule has 1 fully saturated rings. The normalized spacial score (nSPS) is 21.3. The monoisotopic (exact) mass is 363 g/mol. The molecule has 0 unspecified atom stereocenters. The van der Waals surface area contributed by atoms with Crippen molar-refractivity contribution >= 4 is 6.03 Å². The third kappa shape index (κ3) is 3.54. The smallest absolute Gasteiger partial charge is 0.318 e. The zero-order chi connectivity index (χ0) is 19.4. The van der Waals surface area contributed by atoms with Gasteiger partial charge in [0.2, 0.25) is 0 Å². The number of aryl methyl sites for hydroxylation is 1. The maximum atomic E-state index is 12.4. The molecule has 0 saturated carbocycles. The predicted octanol–water partition coefficient (Wildman–Crippen LogP) is 3.43. The number of rotatable bonds is 5. The molecule has 0 radical (unpaired) electrons. The number of hydrogen-bond donors (Lipinski definition) is 2. The van der Waals surface area contributed by atoms with E-state index in [4.69, 9.17) is 0 Å². The van der Waals surface area contributed by atoms with E-state index in [1.807, 2.05) is 38.1 Å². The van der Waals surface area contributed by atoms with Gasteiger partial charge in [-0.05, 0) is 30.0 Å². The minimum absolute atomic E-state index is 0.176. The fraction of sp³-hybridized carbons (Fsp3) is 0.364. The fourth-order valence-corrected chi connectivity index (χ4v) is 3.77. The van der Waals surface area contributed by atoms with Gasteiger partial charge in [0.1, 0.15) is 6.04 Å². The van der Waals surface area contributed by atoms with Crippen LogP contribution in [0.4, 0.5) is 4.79 Å². The topological polar surface area (TPSA) is 76.4 Å². The lowest BCUT2D eigenvalue weighted by Gasteiger charge is -2.51. The summed E-state index contributed by atoms with van der Waals surface area (Å²) >= 11 is 0. The first kappa shape index (κ1) is 18.9. The average Bonchev–Trinajstić information content (AvgIpc) is 2.67. The summed E-state index contributed by atoms with van der Waals surface area (Å²) in [5.41, 5.74) is 4.28. The lowest BCUT2D eigenvalue weighted by molar-refractivity contribution is 0.0171. The summed E-state index contributed by atoms with van der Waals surface area (Å²) in [5, 5.41) is 22.5. The molecule has 1 aliphatic heterocycles. The number of aliphatic hydroxyl groups is 1. The number of benzene rings is 2. The maximum absolute atomic E-state index is 12.4. The van der Waals surface area contributed by atoms with Gasteiger partial charge >= 0.3 is 6.03 Å². The molecular weight excluding hydrogens is 338 g/mol. The first-order chi connectivity index (χ1) is 13.1. The highest BCUT2D eigenvalue weighted by atomic mass is 16.3. The van der Waals surface area contributed by atoms with E-state index in [0.717, 1.165) is 23.1 Å². The maximum Gasteiger partial charge on any atom is 0.318 e. The summed E-state index contributed by atoms with van der Waals surface area (Å²) in [5.74, 6) is -0.218. The highest BCUT2D eigenvalue weighted by Crippen LogP contribution is 2.43. The van der Waals surface area contributed by atoms with Gasteiger partial charge in [0.15, 0.2) is 0 Å². The number of nitrogens with one attached hydrogen (secondary N) is 1. The molecule has 3 atom stereocenters. The van der Waals surface area contributed by atoms with E-state index in [2.05, 4.69) is 35.7 Å². The average molecular weight is 363 g/mol. The van der Waals surface area contributed by atoms with Crippen LogP contribution in [0.5, 0.6) is 0 Å². The second-order valence-corrected chi connectivity index (χ2v) is 6.94. The Balaban J connectivity index is 1.95. The van der Waals surface area contributed by atoms with Gasteiger partial charge in [-0.2, -0.15) is 5.26 Å². The molecule has 0 aromatic heterocycles. The molecule has 0 spiro atoms. The van der Waals surface area contributed by atoms with Crippen LogP contribution in [-0.4, -0.2) is 41.3 Å². The zero-order valence-corrected chi connectivity index (χ0v) is 15.7. The van der Waals surface area contributed by atoms with Crippen LogP contribution in [0.3, 0.4) is 0 Å². The number of hydrogen-bond acceptors (Lipinski definition) is 3. The van der Waals surface area contributed by atoms with Crippen LogP contribution in [0, 0.1) is 18.3 Å². The Morgan fingerprint density at radius 3 is 2.56 bits per heavy atom. The second kappa shape index (κ2) is 8.24. The third-order valence-electron chi connectivity index (χ3n) is 5.17. The molecule has 140 valence electrons. The van der Waals surface area contributed by atoms with Crippen LogP contribution in [0.1, 0.15) is 30.4 Å². The van der Waals surface area contributed by atoms with Crippen LogP contribution >= 0.6 is 0 Å². The molecule has 1 heterocycles. The van der Waals surface area contributed by atoms with Gasteiger partial charge in [0.05, 0.1) is 18.7 Å². The molecule has 5 nitrogen and oxygen atoms in total. The van der Waals surface area contributed by atoms with Crippen LogP contribution in [-0.2, 0) is 0 Å². The number of likely N-dealkylation sites (tertiary alicyclic amines) is 1. The fourth-order valence-electron chi connectivity index (χ4n) is 3.77. The van der Waals surface area contributed by atoms with E-state index >= 15 is 0 Å². The van der Waals surface area contributed by atoms with Crippen molar-refractivity contribution in [3.63, 3.8) is 0 Å². The van der Waals surface area contributed by atoms with Gasteiger partial charge in [-0.3, -0.25) is 0 Å². The largest absolute Gasteiger partial charge is 0.394 e. The summed E-state index contributed by atoms with van der Waals surface area (Å²) < 4.78 is 0. The van der Waals surface area contributed by atoms with E-state index in [0.29, 0.717) is 6.54 Å². The number of aliphatic hydroxyl groups excluding tert-OH is 1. The Labute approximate surface area is 160 Å². The molecule has 3 rings (SSSR count). The van der Waals surface area contributed by atoms with Crippen molar-refractivity contribution in [2.24, 2.45) is 0 Å². The molecule has 5 heteroatoms. The Kier molecular flexibility index (Phi) is 5.78. The summed E-state index contributed by atoms with van der Waals surface area (Å²) in [6.45, 7) is 4.39. The number of urea groups is 1. The van der Waals surface area contributed by atoms with Crippen molar-refractivity contribution in [3.8, 4) is 17.2 Å². The van der Waals surface area contributed by atoms with Crippen molar-refractivity contribution in [1.29, 1.82) is 5.26 Å². The van der Waals surface area contributed by atoms with E-state index in [-0.39, 0.29) is 18.6 Å². The molecule has 0 aliphatic carbocycles. The number of carbonyl (C=O) groups is 1. The Hall–Kier alpha value is -2.84. The molecule has 1 saturated heterocycles. The molecule has 27 heavy (non-hydrogen) atoms. The highest BCUT2D eigenvalue weighted by molar-refractivity contribution is 5.78. The molecule has 2 aromatic carbocycles. The summed E-state index contributed by atoms with van der Waals surface area (Å²) in [7, 11) is 0. The van der Waals surface area contributed by atoms with E-state index in [1.54, 1.807) is 0 Å². The Morgan fingerprint density at radius 1 is 1.22 bits per heavy atom. The minimum Gasteiger partial charge on any atom is -0.394 e. The van der Waals surface area contributed by atoms with Crippen molar-refractivity contribution in [2.75, 3.05) is 13.2 Å². The molecule has 2 N–H and O–H groups in total. The number of nitrogens with zero attached hydrogens (tertiary/aromatic N) is 2. The van der Waals surface area contributed by atoms with Gasteiger partial charge in [-0.25, -0.2) is 4.79 Å². The van der Waals surface area contributed by atoms with Crippen molar-refractivity contribution in [1.82, 2.24) is 10.2 Å². The lowest BCUT2D eigenvalue weighted by atomic mass is 9.73. The van der Waals surface area contributed by atoms with Gasteiger partial charge < -0.3 is 15.3 Å². The van der Waals surface area contributed by atoms with E-state index in [1.165, 1.54) is 10.5 Å². The molecular formula is C22H25N3O2. The van der Waals surface area contributed by atoms with Crippen molar-refractivity contribution < 1.29 is 9.90 Å². The predicted molar refractivity (Wildman–Crippen MR) is 105 cm³/mol. The number of amides is 2. The third-order valence-corrected chi connectivity index (χ3v) is 5.17. The van der Waals surface area contributed by atoms with Crippen LogP contribution in [0.2, 0.25) is 0 Å². The summed E-state index contributed by atoms with van der Waals surface area (Å²) in [6, 6.07) is 17.2. The van der Waals surface area contributed by atoms with Gasteiger partial charge in [-0.15, -0.1) is 0 Å². The van der Waals surface area contributed by atoms with E-state index < -0.39 is 12.1 Å². The molecule has 0 bridgehead atoms. The van der Waals surface area contributed by atoms with Gasteiger partial charge in [-0.1, -0.05) is 61.0 Å². The number of nitriles is 1. The number of carbonyl (C=O) groups excluding carboxylic acids is 1. The molecule has 1 aliphatic rings. The first-order valence-electron chi connectivity index (χ1n) is 9.35. The SMILES string of the molecule is CCCNC(=O)N1[C@H](C#N)[C@@H](c2ccccc2-c2ccc(C)cc2)[C@@H]1CO. The van der Waals surface area contributed by atoms with Crippen LogP contribution in [0.15, 0.2) is 48.5 Å². The Bertz CT molecular complexity index is 841. The quantitative estimate of drug-likeness (QED) is 0.854. The second-order valence-electron chi connectivity index (χ2n) is 6.94. The zero-order valence-electron chi connectivity index (χ0n) is 15.7. The standard InChI is InChI=1S/C22H25N3O2/c1-3-12-24-22(27)25-19(13-23)21(20(25)14-26)18-7-5-4-6-17(18)16-10-8-15(2)9-11-16/h4-11,19-21,26H,3,12,14H2,1-2H3,(H,24,27)/t19-,20+,21-/m1/s1. The minimum atomic E-state index is -0.592. The van der Waals surface area contributed by atoms with Gasteiger partial charge in [0.25, 0.3) is 0 Å². The lowest BCUT2D eigenvalue weighted by Crippen LogP contribution is -2.67. The Morgan fingerprint density at radius 2 is 1.93 bits per heavy atom. The van der Waals surface area contributed by atoms with Crippen molar-refractivity contribution in [2.45, 2.75) is 38.3 Å². The summed E-state index contributed by atoms with van der Waals surface area (Å²) in [4.78, 5) is 13.9. The highest BCUT2D eigenvalue weighted by Gasteiger charge is 2.52.